The number of carbonyl (C=O) groups is 1. The summed E-state index contributed by atoms with van der Waals surface area (Å²) in [5.74, 6) is 4.94. The number of nitrogens with two attached hydrogens (primary N) is 1. The van der Waals surface area contributed by atoms with Gasteiger partial charge in [-0.05, 0) is 56.7 Å². The minimum Gasteiger partial charge on any atom is -0.341 e. The Bertz CT molecular complexity index is 802. The number of carbonyl (C=O) groups excluding carboxylic acids is 1. The zero-order chi connectivity index (χ0) is 23.8. The van der Waals surface area contributed by atoms with Crippen LogP contribution in [-0.2, 0) is 24.6 Å². The van der Waals surface area contributed by atoms with Crippen molar-refractivity contribution in [1.29, 1.82) is 0 Å². The third kappa shape index (κ3) is 7.28. The smallest absolute Gasteiger partial charge is 0.341 e. The minimum absolute atomic E-state index is 0.00608. The van der Waals surface area contributed by atoms with Crippen LogP contribution in [-0.4, -0.2) is 49.3 Å². The minimum atomic E-state index is -4.37. The van der Waals surface area contributed by atoms with Crippen LogP contribution < -0.4 is 5.84 Å². The van der Waals surface area contributed by atoms with Crippen LogP contribution in [0.5, 0.6) is 0 Å². The van der Waals surface area contributed by atoms with E-state index in [1.165, 1.54) is 12.1 Å². The van der Waals surface area contributed by atoms with Crippen LogP contribution in [0.25, 0.3) is 0 Å². The van der Waals surface area contributed by atoms with Gasteiger partial charge in [0.25, 0.3) is 0 Å². The SMILES string of the molecule is CCOP(=O)(CC[C@H](N=NN)C(=O)N1CCC(c2ccc(C(F)(F)F)cc2)CC1)OCC. The Kier molecular flexibility index (Phi) is 9.66. The van der Waals surface area contributed by atoms with E-state index in [2.05, 4.69) is 10.3 Å². The highest BCUT2D eigenvalue weighted by Gasteiger charge is 2.33. The summed E-state index contributed by atoms with van der Waals surface area (Å²) < 4.78 is 61.4. The van der Waals surface area contributed by atoms with Crippen LogP contribution in [0, 0.1) is 0 Å². The summed E-state index contributed by atoms with van der Waals surface area (Å²) in [6.45, 7) is 4.69. The summed E-state index contributed by atoms with van der Waals surface area (Å²) in [5.41, 5.74) is 0.137. The van der Waals surface area contributed by atoms with Crippen molar-refractivity contribution in [3.63, 3.8) is 0 Å². The Morgan fingerprint density at radius 3 is 2.22 bits per heavy atom. The predicted octanol–water partition coefficient (Wildman–Crippen LogP) is 4.76. The molecule has 0 aliphatic carbocycles. The molecule has 1 aliphatic rings. The summed E-state index contributed by atoms with van der Waals surface area (Å²) in [6, 6.07) is 4.25. The predicted molar refractivity (Wildman–Crippen MR) is 113 cm³/mol. The molecular weight excluding hydrogens is 448 g/mol. The van der Waals surface area contributed by atoms with Gasteiger partial charge in [0.2, 0.25) is 5.91 Å². The highest BCUT2D eigenvalue weighted by molar-refractivity contribution is 7.53. The molecule has 0 unspecified atom stereocenters. The van der Waals surface area contributed by atoms with E-state index in [-0.39, 0.29) is 37.6 Å². The number of alkyl halides is 3. The topological polar surface area (TPSA) is 107 Å². The number of hydrogen-bond donors (Lipinski definition) is 1. The maximum atomic E-state index is 12.9. The van der Waals surface area contributed by atoms with Crippen molar-refractivity contribution in [2.24, 2.45) is 16.2 Å². The number of hydrogen-bond acceptors (Lipinski definition) is 6. The first-order valence-corrected chi connectivity index (χ1v) is 12.3. The van der Waals surface area contributed by atoms with Crippen molar-refractivity contribution in [1.82, 2.24) is 4.90 Å². The Hall–Kier alpha value is -1.97. The highest BCUT2D eigenvalue weighted by atomic mass is 31.2. The molecule has 1 aliphatic heterocycles. The van der Waals surface area contributed by atoms with Gasteiger partial charge >= 0.3 is 13.8 Å². The fraction of sp³-hybridized carbons (Fsp3) is 0.650. The van der Waals surface area contributed by atoms with Crippen molar-refractivity contribution < 1.29 is 31.6 Å². The Labute approximate surface area is 185 Å². The lowest BCUT2D eigenvalue weighted by Crippen LogP contribution is -2.43. The van der Waals surface area contributed by atoms with Crippen molar-refractivity contribution in [2.45, 2.75) is 51.2 Å². The normalized spacial score (nSPS) is 17.1. The van der Waals surface area contributed by atoms with E-state index in [0.29, 0.717) is 25.9 Å². The molecule has 1 aromatic carbocycles. The molecule has 0 aromatic heterocycles. The van der Waals surface area contributed by atoms with Gasteiger partial charge in [0.15, 0.2) is 6.04 Å². The number of rotatable bonds is 10. The Balaban J connectivity index is 1.96. The van der Waals surface area contributed by atoms with Crippen molar-refractivity contribution in [3.8, 4) is 0 Å². The third-order valence-corrected chi connectivity index (χ3v) is 7.44. The second kappa shape index (κ2) is 11.8. The van der Waals surface area contributed by atoms with Gasteiger partial charge in [0.05, 0.1) is 24.9 Å². The average molecular weight is 478 g/mol. The summed E-state index contributed by atoms with van der Waals surface area (Å²) in [4.78, 5) is 14.6. The van der Waals surface area contributed by atoms with Gasteiger partial charge in [-0.25, -0.2) is 0 Å². The van der Waals surface area contributed by atoms with Crippen molar-refractivity contribution in [2.75, 3.05) is 32.5 Å². The van der Waals surface area contributed by atoms with E-state index in [1.54, 1.807) is 18.7 Å². The molecule has 1 heterocycles. The first-order chi connectivity index (χ1) is 15.1. The molecule has 8 nitrogen and oxygen atoms in total. The molecule has 1 amide bonds. The molecule has 0 saturated carbocycles. The fourth-order valence-electron chi connectivity index (χ4n) is 3.74. The molecule has 32 heavy (non-hydrogen) atoms. The second-order valence-corrected chi connectivity index (χ2v) is 9.61. The number of likely N-dealkylation sites (tertiary alicyclic amines) is 1. The van der Waals surface area contributed by atoms with Crippen LogP contribution in [0.4, 0.5) is 13.2 Å². The van der Waals surface area contributed by atoms with E-state index in [1.807, 2.05) is 0 Å². The van der Waals surface area contributed by atoms with Crippen molar-refractivity contribution >= 4 is 13.5 Å². The zero-order valence-corrected chi connectivity index (χ0v) is 19.1. The van der Waals surface area contributed by atoms with Gasteiger partial charge < -0.3 is 19.8 Å². The molecule has 1 fully saturated rings. The molecular formula is C20H30F3N4O4P. The summed E-state index contributed by atoms with van der Waals surface area (Å²) >= 11 is 0. The van der Waals surface area contributed by atoms with E-state index in [9.17, 15) is 22.5 Å². The lowest BCUT2D eigenvalue weighted by Gasteiger charge is -2.33. The molecule has 1 aromatic rings. The molecule has 2 N–H and O–H groups in total. The van der Waals surface area contributed by atoms with E-state index < -0.39 is 25.4 Å². The lowest BCUT2D eigenvalue weighted by atomic mass is 9.88. The van der Waals surface area contributed by atoms with E-state index in [4.69, 9.17) is 14.9 Å². The van der Waals surface area contributed by atoms with Gasteiger partial charge in [-0.2, -0.15) is 18.3 Å². The van der Waals surface area contributed by atoms with Crippen LogP contribution in [0.15, 0.2) is 34.6 Å². The van der Waals surface area contributed by atoms with Crippen LogP contribution >= 0.6 is 7.60 Å². The molecule has 0 radical (unpaired) electrons. The number of piperidine rings is 1. The van der Waals surface area contributed by atoms with Crippen LogP contribution in [0.2, 0.25) is 0 Å². The summed E-state index contributed by atoms with van der Waals surface area (Å²) in [5, 5.41) is 7.05. The maximum Gasteiger partial charge on any atom is 0.416 e. The number of benzene rings is 1. The van der Waals surface area contributed by atoms with Crippen LogP contribution in [0.3, 0.4) is 0 Å². The molecule has 1 atom stereocenters. The first kappa shape index (κ1) is 26.3. The Morgan fingerprint density at radius 1 is 1.19 bits per heavy atom. The van der Waals surface area contributed by atoms with E-state index in [0.717, 1.165) is 17.7 Å². The van der Waals surface area contributed by atoms with Crippen molar-refractivity contribution in [3.05, 3.63) is 35.4 Å². The molecule has 2 rings (SSSR count). The zero-order valence-electron chi connectivity index (χ0n) is 18.3. The fourth-order valence-corrected chi connectivity index (χ4v) is 5.42. The van der Waals surface area contributed by atoms with Gasteiger partial charge in [-0.1, -0.05) is 17.4 Å². The molecule has 12 heteroatoms. The largest absolute Gasteiger partial charge is 0.416 e. The Morgan fingerprint density at radius 2 is 1.75 bits per heavy atom. The molecule has 0 bridgehead atoms. The number of nitrogens with zero attached hydrogens (tertiary/aromatic N) is 3. The van der Waals surface area contributed by atoms with E-state index >= 15 is 0 Å². The van der Waals surface area contributed by atoms with Gasteiger partial charge in [0, 0.05) is 13.1 Å². The summed E-state index contributed by atoms with van der Waals surface area (Å²) in [7, 11) is -3.34. The third-order valence-electron chi connectivity index (χ3n) is 5.34. The lowest BCUT2D eigenvalue weighted by molar-refractivity contribution is -0.137. The van der Waals surface area contributed by atoms with Crippen LogP contribution in [0.1, 0.15) is 50.2 Å². The standard InChI is InChI=1S/C20H30F3N4O4P/c1-3-30-32(29,31-4-2)14-11-18(25-26-24)19(28)27-12-9-16(10-13-27)15-5-7-17(8-6-15)20(21,22)23/h5-8,16,18H,3-4,9-14H2,1-2H3,(H2,24,25)/t18-/m0/s1. The van der Waals surface area contributed by atoms with Gasteiger partial charge in [-0.15, -0.1) is 0 Å². The number of halogens is 3. The second-order valence-electron chi connectivity index (χ2n) is 7.42. The molecule has 180 valence electrons. The quantitative estimate of drug-likeness (QED) is 0.226. The maximum absolute atomic E-state index is 12.9. The molecule has 1 saturated heterocycles. The molecule has 0 spiro atoms. The van der Waals surface area contributed by atoms with Gasteiger partial charge in [-0.3, -0.25) is 9.36 Å². The average Bonchev–Trinajstić information content (AvgIpc) is 2.76. The highest BCUT2D eigenvalue weighted by Crippen LogP contribution is 2.49. The monoisotopic (exact) mass is 478 g/mol. The first-order valence-electron chi connectivity index (χ1n) is 10.6. The van der Waals surface area contributed by atoms with Gasteiger partial charge in [0.1, 0.15) is 0 Å². The number of amides is 1. The summed E-state index contributed by atoms with van der Waals surface area (Å²) in [6.07, 6.45) is -3.03.